The van der Waals surface area contributed by atoms with E-state index >= 15 is 0 Å². The topological polar surface area (TPSA) is 38.3 Å². The van der Waals surface area contributed by atoms with Crippen molar-refractivity contribution in [3.63, 3.8) is 0 Å². The van der Waals surface area contributed by atoms with Gasteiger partial charge in [0.1, 0.15) is 0 Å². The summed E-state index contributed by atoms with van der Waals surface area (Å²) in [4.78, 5) is 12.2. The molecule has 22 heavy (non-hydrogen) atoms. The molecule has 0 radical (unpaired) electrons. The molecule has 2 rings (SSSR count). The first-order chi connectivity index (χ1) is 10.6. The molecular formula is C18H24ClNO2. The van der Waals surface area contributed by atoms with Gasteiger partial charge in [0.2, 0.25) is 5.91 Å². The van der Waals surface area contributed by atoms with Gasteiger partial charge in [0.15, 0.2) is 0 Å². The number of rotatable bonds is 5. The fourth-order valence-electron chi connectivity index (χ4n) is 2.94. The summed E-state index contributed by atoms with van der Waals surface area (Å²) in [5.74, 6) is 0.00902. The molecule has 0 atom stereocenters. The Kier molecular flexibility index (Phi) is 6.04. The number of allylic oxidation sites excluding steroid dienone is 1. The van der Waals surface area contributed by atoms with Crippen molar-refractivity contribution in [2.45, 2.75) is 38.5 Å². The van der Waals surface area contributed by atoms with Crippen molar-refractivity contribution < 1.29 is 9.53 Å². The molecule has 1 fully saturated rings. The summed E-state index contributed by atoms with van der Waals surface area (Å²) in [6, 6.07) is 7.95. The van der Waals surface area contributed by atoms with Crippen molar-refractivity contribution in [1.29, 1.82) is 0 Å². The molecule has 0 unspecified atom stereocenters. The number of halogens is 1. The average Bonchev–Trinajstić information content (AvgIpc) is 2.53. The number of amides is 1. The van der Waals surface area contributed by atoms with E-state index in [4.69, 9.17) is 16.3 Å². The Labute approximate surface area is 137 Å². The van der Waals surface area contributed by atoms with Crippen LogP contribution < -0.4 is 5.32 Å². The number of benzene rings is 1. The number of ether oxygens (including phenoxy) is 1. The molecule has 1 aliphatic rings. The van der Waals surface area contributed by atoms with Crippen molar-refractivity contribution >= 4 is 17.5 Å². The second-order valence-corrected chi connectivity index (χ2v) is 6.32. The quantitative estimate of drug-likeness (QED) is 0.836. The predicted molar refractivity (Wildman–Crippen MR) is 90.2 cm³/mol. The minimum Gasteiger partial charge on any atom is -0.381 e. The standard InChI is InChI=1S/C18H24ClNO2/c1-3-5-14(2)17(21)20-13-18(8-10-22-11-9-18)15-6-4-7-16(19)12-15/h4-7,12H,3,8-11,13H2,1-2H3,(H,20,21)/b14-5+. The summed E-state index contributed by atoms with van der Waals surface area (Å²) in [6.45, 7) is 5.93. The number of carbonyl (C=O) groups excluding carboxylic acids is 1. The smallest absolute Gasteiger partial charge is 0.246 e. The van der Waals surface area contributed by atoms with E-state index in [2.05, 4.69) is 11.4 Å². The highest BCUT2D eigenvalue weighted by atomic mass is 35.5. The molecule has 1 aromatic rings. The van der Waals surface area contributed by atoms with Crippen LogP contribution in [0.3, 0.4) is 0 Å². The summed E-state index contributed by atoms with van der Waals surface area (Å²) in [6.07, 6.45) is 4.60. The molecule has 3 nitrogen and oxygen atoms in total. The summed E-state index contributed by atoms with van der Waals surface area (Å²) in [5.41, 5.74) is 1.86. The molecule has 1 amide bonds. The normalized spacial score (nSPS) is 18.0. The number of carbonyl (C=O) groups is 1. The van der Waals surface area contributed by atoms with Crippen LogP contribution in [0.4, 0.5) is 0 Å². The number of hydrogen-bond acceptors (Lipinski definition) is 2. The van der Waals surface area contributed by atoms with Crippen LogP contribution in [-0.4, -0.2) is 25.7 Å². The van der Waals surface area contributed by atoms with Gasteiger partial charge < -0.3 is 10.1 Å². The lowest BCUT2D eigenvalue weighted by atomic mass is 9.74. The van der Waals surface area contributed by atoms with Gasteiger partial charge >= 0.3 is 0 Å². The molecule has 1 aliphatic heterocycles. The third kappa shape index (κ3) is 4.11. The minimum absolute atomic E-state index is 0.00902. The lowest BCUT2D eigenvalue weighted by molar-refractivity contribution is -0.118. The monoisotopic (exact) mass is 321 g/mol. The SMILES string of the molecule is CC/C=C(\C)C(=O)NCC1(c2cccc(Cl)c2)CCOCC1. The van der Waals surface area contributed by atoms with Crippen LogP contribution in [0.1, 0.15) is 38.7 Å². The van der Waals surface area contributed by atoms with Crippen molar-refractivity contribution in [1.82, 2.24) is 5.32 Å². The van der Waals surface area contributed by atoms with E-state index in [0.717, 1.165) is 29.9 Å². The van der Waals surface area contributed by atoms with Crippen LogP contribution in [0.5, 0.6) is 0 Å². The fraction of sp³-hybridized carbons (Fsp3) is 0.500. The first kappa shape index (κ1) is 17.0. The zero-order chi connectivity index (χ0) is 16.0. The second-order valence-electron chi connectivity index (χ2n) is 5.88. The summed E-state index contributed by atoms with van der Waals surface area (Å²) in [5, 5.41) is 3.82. The van der Waals surface area contributed by atoms with Crippen LogP contribution >= 0.6 is 11.6 Å². The molecule has 0 saturated carbocycles. The molecule has 0 bridgehead atoms. The lowest BCUT2D eigenvalue weighted by Crippen LogP contribution is -2.44. The second kappa shape index (κ2) is 7.80. The molecule has 1 heterocycles. The predicted octanol–water partition coefficient (Wildman–Crippen LogP) is 3.86. The van der Waals surface area contributed by atoms with Crippen molar-refractivity contribution in [2.24, 2.45) is 0 Å². The molecule has 0 aliphatic carbocycles. The molecule has 1 aromatic carbocycles. The highest BCUT2D eigenvalue weighted by Crippen LogP contribution is 2.35. The van der Waals surface area contributed by atoms with E-state index in [9.17, 15) is 4.79 Å². The van der Waals surface area contributed by atoms with Gasteiger partial charge in [-0.3, -0.25) is 4.79 Å². The zero-order valence-corrected chi connectivity index (χ0v) is 14.1. The van der Waals surface area contributed by atoms with Gasteiger partial charge in [-0.15, -0.1) is 0 Å². The Morgan fingerprint density at radius 1 is 1.41 bits per heavy atom. The first-order valence-electron chi connectivity index (χ1n) is 7.86. The molecular weight excluding hydrogens is 298 g/mol. The summed E-state index contributed by atoms with van der Waals surface area (Å²) < 4.78 is 5.51. The Morgan fingerprint density at radius 2 is 2.14 bits per heavy atom. The van der Waals surface area contributed by atoms with Gasteiger partial charge in [-0.25, -0.2) is 0 Å². The third-order valence-corrected chi connectivity index (χ3v) is 4.58. The Bertz CT molecular complexity index is 548. The first-order valence-corrected chi connectivity index (χ1v) is 8.24. The largest absolute Gasteiger partial charge is 0.381 e. The third-order valence-electron chi connectivity index (χ3n) is 4.34. The van der Waals surface area contributed by atoms with E-state index in [1.165, 1.54) is 5.56 Å². The maximum atomic E-state index is 12.2. The Hall–Kier alpha value is -1.32. The van der Waals surface area contributed by atoms with E-state index in [-0.39, 0.29) is 11.3 Å². The maximum absolute atomic E-state index is 12.2. The van der Waals surface area contributed by atoms with Gasteiger partial charge in [-0.1, -0.05) is 36.7 Å². The molecule has 120 valence electrons. The van der Waals surface area contributed by atoms with E-state index in [1.807, 2.05) is 38.1 Å². The Balaban J connectivity index is 2.16. The Morgan fingerprint density at radius 3 is 2.77 bits per heavy atom. The van der Waals surface area contributed by atoms with Crippen molar-refractivity contribution in [2.75, 3.05) is 19.8 Å². The van der Waals surface area contributed by atoms with Gasteiger partial charge in [0.05, 0.1) is 0 Å². The molecule has 1 N–H and O–H groups in total. The summed E-state index contributed by atoms with van der Waals surface area (Å²) in [7, 11) is 0. The number of hydrogen-bond donors (Lipinski definition) is 1. The van der Waals surface area contributed by atoms with Crippen LogP contribution in [0.2, 0.25) is 5.02 Å². The lowest BCUT2D eigenvalue weighted by Gasteiger charge is -2.38. The maximum Gasteiger partial charge on any atom is 0.246 e. The van der Waals surface area contributed by atoms with E-state index in [1.54, 1.807) is 0 Å². The fourth-order valence-corrected chi connectivity index (χ4v) is 3.13. The van der Waals surface area contributed by atoms with Crippen molar-refractivity contribution in [3.8, 4) is 0 Å². The minimum atomic E-state index is -0.0920. The van der Waals surface area contributed by atoms with Crippen LogP contribution in [0.25, 0.3) is 0 Å². The van der Waals surface area contributed by atoms with Gasteiger partial charge in [0.25, 0.3) is 0 Å². The van der Waals surface area contributed by atoms with Crippen LogP contribution in [0, 0.1) is 0 Å². The molecule has 4 heteroatoms. The van der Waals surface area contributed by atoms with Crippen LogP contribution in [-0.2, 0) is 14.9 Å². The average molecular weight is 322 g/mol. The molecule has 0 aromatic heterocycles. The van der Waals surface area contributed by atoms with Crippen molar-refractivity contribution in [3.05, 3.63) is 46.5 Å². The molecule has 0 spiro atoms. The van der Waals surface area contributed by atoms with E-state index in [0.29, 0.717) is 19.8 Å². The van der Waals surface area contributed by atoms with E-state index < -0.39 is 0 Å². The van der Waals surface area contributed by atoms with Gasteiger partial charge in [-0.05, 0) is 43.9 Å². The molecule has 1 saturated heterocycles. The summed E-state index contributed by atoms with van der Waals surface area (Å²) >= 11 is 6.15. The number of nitrogens with one attached hydrogen (secondary N) is 1. The van der Waals surface area contributed by atoms with Crippen LogP contribution in [0.15, 0.2) is 35.9 Å². The highest BCUT2D eigenvalue weighted by Gasteiger charge is 2.35. The van der Waals surface area contributed by atoms with Gasteiger partial charge in [0, 0.05) is 35.8 Å². The highest BCUT2D eigenvalue weighted by molar-refractivity contribution is 6.30. The van der Waals surface area contributed by atoms with Gasteiger partial charge in [-0.2, -0.15) is 0 Å². The zero-order valence-electron chi connectivity index (χ0n) is 13.3.